The number of hydrogen-bond donors (Lipinski definition) is 2. The van der Waals surface area contributed by atoms with Crippen LogP contribution < -0.4 is 10.1 Å². The molecule has 0 bridgehead atoms. The monoisotopic (exact) mass is 492 g/mol. The summed E-state index contributed by atoms with van der Waals surface area (Å²) in [5.74, 6) is 0.643. The number of ether oxygens (including phenoxy) is 1. The summed E-state index contributed by atoms with van der Waals surface area (Å²) in [6.07, 6.45) is 3.14. The van der Waals surface area contributed by atoms with Gasteiger partial charge < -0.3 is 10.1 Å². The minimum absolute atomic E-state index is 0.122. The average molecular weight is 493 g/mol. The first-order chi connectivity index (χ1) is 15.6. The highest BCUT2D eigenvalue weighted by Gasteiger charge is 2.20. The largest absolute Gasteiger partial charge is 0.497 e. The van der Waals surface area contributed by atoms with Gasteiger partial charge in [-0.3, -0.25) is 9.89 Å². The fraction of sp³-hybridized carbons (Fsp3) is 0.240. The second-order valence-electron chi connectivity index (χ2n) is 7.55. The number of aromatic amines is 1. The van der Waals surface area contributed by atoms with Crippen molar-refractivity contribution in [2.75, 3.05) is 13.7 Å². The molecule has 0 spiro atoms. The molecule has 0 saturated heterocycles. The van der Waals surface area contributed by atoms with Crippen LogP contribution >= 0.6 is 15.9 Å². The van der Waals surface area contributed by atoms with Crippen molar-refractivity contribution in [1.82, 2.24) is 20.5 Å². The van der Waals surface area contributed by atoms with Crippen LogP contribution in [0.2, 0.25) is 0 Å². The van der Waals surface area contributed by atoms with E-state index < -0.39 is 0 Å². The molecule has 0 atom stereocenters. The van der Waals surface area contributed by atoms with Gasteiger partial charge in [-0.15, -0.1) is 0 Å². The number of carbonyl (C=O) groups excluding carboxylic acids is 1. The molecular weight excluding hydrogens is 468 g/mol. The molecule has 0 aliphatic heterocycles. The molecule has 0 aliphatic rings. The minimum atomic E-state index is -0.122. The van der Waals surface area contributed by atoms with Gasteiger partial charge in [0.2, 0.25) is 0 Å². The number of methoxy groups -OCH3 is 1. The number of carbonyl (C=O) groups is 1. The van der Waals surface area contributed by atoms with Crippen LogP contribution in [0.15, 0.2) is 59.1 Å². The number of unbranched alkanes of at least 4 members (excludes halogenated alkanes) is 2. The fourth-order valence-corrected chi connectivity index (χ4v) is 3.87. The van der Waals surface area contributed by atoms with Crippen LogP contribution in [0.25, 0.3) is 33.5 Å². The number of aromatic nitrogens is 3. The van der Waals surface area contributed by atoms with Crippen LogP contribution in [0.4, 0.5) is 0 Å². The Kier molecular flexibility index (Phi) is 6.85. The van der Waals surface area contributed by atoms with E-state index in [9.17, 15) is 4.79 Å². The number of rotatable bonds is 8. The van der Waals surface area contributed by atoms with Crippen molar-refractivity contribution in [3.63, 3.8) is 0 Å². The molecule has 7 heteroatoms. The standard InChI is InChI=1S/C25H25BrN4O2/c1-3-4-5-14-27-25(31)20-15-21(16-8-12-19(32-2)13-9-16)28-24-22(20)23(29-30-24)17-6-10-18(26)11-7-17/h6-13,15H,3-5,14H2,1-2H3,(H,27,31)(H,28,29,30). The predicted molar refractivity (Wildman–Crippen MR) is 131 cm³/mol. The zero-order valence-electron chi connectivity index (χ0n) is 18.1. The summed E-state index contributed by atoms with van der Waals surface area (Å²) in [6, 6.07) is 17.4. The fourth-order valence-electron chi connectivity index (χ4n) is 3.61. The first-order valence-corrected chi connectivity index (χ1v) is 11.5. The van der Waals surface area contributed by atoms with Gasteiger partial charge in [-0.05, 0) is 48.9 Å². The summed E-state index contributed by atoms with van der Waals surface area (Å²) in [5, 5.41) is 11.3. The van der Waals surface area contributed by atoms with E-state index >= 15 is 0 Å². The van der Waals surface area contributed by atoms with Gasteiger partial charge in [0.15, 0.2) is 5.65 Å². The lowest BCUT2D eigenvalue weighted by atomic mass is 10.0. The van der Waals surface area contributed by atoms with Crippen molar-refractivity contribution in [2.24, 2.45) is 0 Å². The lowest BCUT2D eigenvalue weighted by Crippen LogP contribution is -2.24. The van der Waals surface area contributed by atoms with Gasteiger partial charge >= 0.3 is 0 Å². The predicted octanol–water partition coefficient (Wildman–Crippen LogP) is 5.98. The number of nitrogens with one attached hydrogen (secondary N) is 2. The summed E-state index contributed by atoms with van der Waals surface area (Å²) in [6.45, 7) is 2.78. The molecule has 4 aromatic rings. The highest BCUT2D eigenvalue weighted by Crippen LogP contribution is 2.32. The second-order valence-corrected chi connectivity index (χ2v) is 8.47. The van der Waals surface area contributed by atoms with Crippen LogP contribution in [0, 0.1) is 0 Å². The molecule has 0 fully saturated rings. The number of pyridine rings is 1. The summed E-state index contributed by atoms with van der Waals surface area (Å²) >= 11 is 3.47. The van der Waals surface area contributed by atoms with E-state index in [0.29, 0.717) is 23.4 Å². The summed E-state index contributed by atoms with van der Waals surface area (Å²) in [5.41, 5.74) is 4.36. The molecule has 6 nitrogen and oxygen atoms in total. The van der Waals surface area contributed by atoms with Gasteiger partial charge in [0, 0.05) is 22.1 Å². The normalized spacial score (nSPS) is 11.0. The lowest BCUT2D eigenvalue weighted by Gasteiger charge is -2.10. The van der Waals surface area contributed by atoms with E-state index in [1.165, 1.54) is 0 Å². The molecule has 2 aromatic heterocycles. The third-order valence-corrected chi connectivity index (χ3v) is 5.88. The maximum Gasteiger partial charge on any atom is 0.252 e. The molecule has 2 heterocycles. The molecule has 1 amide bonds. The zero-order valence-corrected chi connectivity index (χ0v) is 19.7. The Morgan fingerprint density at radius 1 is 1.06 bits per heavy atom. The molecule has 32 heavy (non-hydrogen) atoms. The number of fused-ring (bicyclic) bond motifs is 1. The second kappa shape index (κ2) is 9.96. The molecule has 0 aliphatic carbocycles. The van der Waals surface area contributed by atoms with Crippen molar-refractivity contribution >= 4 is 32.9 Å². The SMILES string of the molecule is CCCCCNC(=O)c1cc(-c2ccc(OC)cc2)nc2n[nH]c(-c3ccc(Br)cc3)c12. The van der Waals surface area contributed by atoms with Crippen LogP contribution in [0.3, 0.4) is 0 Å². The molecule has 164 valence electrons. The van der Waals surface area contributed by atoms with Crippen LogP contribution in [-0.2, 0) is 0 Å². The van der Waals surface area contributed by atoms with E-state index in [-0.39, 0.29) is 5.91 Å². The zero-order chi connectivity index (χ0) is 22.5. The maximum absolute atomic E-state index is 13.2. The van der Waals surface area contributed by atoms with Crippen molar-refractivity contribution in [1.29, 1.82) is 0 Å². The third-order valence-electron chi connectivity index (χ3n) is 5.35. The molecule has 0 unspecified atom stereocenters. The Hall–Kier alpha value is -3.19. The number of nitrogens with zero attached hydrogens (tertiary/aromatic N) is 2. The molecule has 2 N–H and O–H groups in total. The highest BCUT2D eigenvalue weighted by molar-refractivity contribution is 9.10. The number of H-pyrrole nitrogens is 1. The first-order valence-electron chi connectivity index (χ1n) is 10.7. The smallest absolute Gasteiger partial charge is 0.252 e. The van der Waals surface area contributed by atoms with Crippen molar-refractivity contribution in [3.05, 3.63) is 64.6 Å². The minimum Gasteiger partial charge on any atom is -0.497 e. The number of hydrogen-bond acceptors (Lipinski definition) is 4. The van der Waals surface area contributed by atoms with Crippen molar-refractivity contribution in [2.45, 2.75) is 26.2 Å². The van der Waals surface area contributed by atoms with Crippen molar-refractivity contribution in [3.8, 4) is 28.3 Å². The van der Waals surface area contributed by atoms with Gasteiger partial charge in [0.1, 0.15) is 5.75 Å². The van der Waals surface area contributed by atoms with Crippen LogP contribution in [0.5, 0.6) is 5.75 Å². The van der Waals surface area contributed by atoms with Gasteiger partial charge in [-0.2, -0.15) is 5.10 Å². The van der Waals surface area contributed by atoms with E-state index in [1.54, 1.807) is 7.11 Å². The quantitative estimate of drug-likeness (QED) is 0.296. The van der Waals surface area contributed by atoms with Crippen molar-refractivity contribution < 1.29 is 9.53 Å². The van der Waals surface area contributed by atoms with E-state index in [4.69, 9.17) is 9.72 Å². The summed E-state index contributed by atoms with van der Waals surface area (Å²) in [7, 11) is 1.63. The molecule has 0 saturated carbocycles. The van der Waals surface area contributed by atoms with E-state index in [1.807, 2.05) is 54.6 Å². The number of halogens is 1. The molecule has 0 radical (unpaired) electrons. The average Bonchev–Trinajstić information content (AvgIpc) is 3.26. The van der Waals surface area contributed by atoms with Crippen LogP contribution in [0.1, 0.15) is 36.5 Å². The Labute approximate surface area is 195 Å². The van der Waals surface area contributed by atoms with Gasteiger partial charge in [-0.25, -0.2) is 4.98 Å². The van der Waals surface area contributed by atoms with Gasteiger partial charge in [0.25, 0.3) is 5.91 Å². The molecular formula is C25H25BrN4O2. The summed E-state index contributed by atoms with van der Waals surface area (Å²) < 4.78 is 6.24. The van der Waals surface area contributed by atoms with Gasteiger partial charge in [-0.1, -0.05) is 47.8 Å². The molecule has 4 rings (SSSR count). The Morgan fingerprint density at radius 3 is 2.47 bits per heavy atom. The van der Waals surface area contributed by atoms with Crippen LogP contribution in [-0.4, -0.2) is 34.7 Å². The summed E-state index contributed by atoms with van der Waals surface area (Å²) in [4.78, 5) is 18.0. The number of benzene rings is 2. The van der Waals surface area contributed by atoms with E-state index in [0.717, 1.165) is 51.7 Å². The third kappa shape index (κ3) is 4.67. The maximum atomic E-state index is 13.2. The Balaban J connectivity index is 1.80. The Morgan fingerprint density at radius 2 is 1.78 bits per heavy atom. The number of amides is 1. The van der Waals surface area contributed by atoms with Gasteiger partial charge in [0.05, 0.1) is 29.4 Å². The highest BCUT2D eigenvalue weighted by atomic mass is 79.9. The topological polar surface area (TPSA) is 79.9 Å². The first kappa shape index (κ1) is 22.0. The molecule has 2 aromatic carbocycles. The van der Waals surface area contributed by atoms with E-state index in [2.05, 4.69) is 38.4 Å². The lowest BCUT2D eigenvalue weighted by molar-refractivity contribution is 0.0954. The Bertz CT molecular complexity index is 1220.